The molecule has 0 spiro atoms. The molecule has 1 saturated heterocycles. The van der Waals surface area contributed by atoms with E-state index in [1.165, 1.54) is 0 Å². The summed E-state index contributed by atoms with van der Waals surface area (Å²) in [4.78, 5) is 19.0. The van der Waals surface area contributed by atoms with Gasteiger partial charge in [-0.1, -0.05) is 18.2 Å². The second kappa shape index (κ2) is 7.40. The van der Waals surface area contributed by atoms with Crippen LogP contribution in [0.15, 0.2) is 30.5 Å². The van der Waals surface area contributed by atoms with Crippen LogP contribution in [0.5, 0.6) is 0 Å². The molecule has 2 heterocycles. The van der Waals surface area contributed by atoms with Gasteiger partial charge >= 0.3 is 0 Å². The Labute approximate surface area is 131 Å². The van der Waals surface area contributed by atoms with E-state index < -0.39 is 0 Å². The number of hydrogen-bond donors (Lipinski definition) is 1. The van der Waals surface area contributed by atoms with Crippen molar-refractivity contribution in [3.05, 3.63) is 36.0 Å². The molecule has 5 heteroatoms. The van der Waals surface area contributed by atoms with Gasteiger partial charge in [-0.15, -0.1) is 0 Å². The molecule has 1 aliphatic carbocycles. The number of morpholine rings is 1. The number of nitrogens with one attached hydrogen (secondary N) is 1. The number of anilines is 1. The largest absolute Gasteiger partial charge is 0.378 e. The number of carbonyl (C=O) groups is 1. The third kappa shape index (κ3) is 3.65. The summed E-state index contributed by atoms with van der Waals surface area (Å²) < 4.78 is 5.39. The first kappa shape index (κ1) is 15.0. The third-order valence-corrected chi connectivity index (χ3v) is 4.27. The summed E-state index contributed by atoms with van der Waals surface area (Å²) in [5.74, 6) is 1.24. The summed E-state index contributed by atoms with van der Waals surface area (Å²) in [6, 6.07) is 3.97. The maximum absolute atomic E-state index is 12.3. The van der Waals surface area contributed by atoms with Crippen LogP contribution in [0.4, 0.5) is 5.82 Å². The maximum atomic E-state index is 12.3. The molecule has 1 N–H and O–H groups in total. The summed E-state index contributed by atoms with van der Waals surface area (Å²) in [7, 11) is 0. The Morgan fingerprint density at radius 3 is 3.00 bits per heavy atom. The molecule has 5 nitrogen and oxygen atoms in total. The van der Waals surface area contributed by atoms with E-state index in [2.05, 4.69) is 27.4 Å². The lowest BCUT2D eigenvalue weighted by Crippen LogP contribution is -2.38. The zero-order chi connectivity index (χ0) is 15.2. The van der Waals surface area contributed by atoms with E-state index in [4.69, 9.17) is 4.74 Å². The van der Waals surface area contributed by atoms with Gasteiger partial charge in [0.25, 0.3) is 0 Å². The predicted octanol–water partition coefficient (Wildman–Crippen LogP) is 1.89. The lowest BCUT2D eigenvalue weighted by Gasteiger charge is -2.29. The molecule has 3 rings (SSSR count). The van der Waals surface area contributed by atoms with Crippen molar-refractivity contribution in [1.29, 1.82) is 0 Å². The Hall–Kier alpha value is -1.88. The van der Waals surface area contributed by atoms with Crippen molar-refractivity contribution >= 4 is 11.7 Å². The Bertz CT molecular complexity index is 538. The molecule has 0 bridgehead atoms. The first-order valence-corrected chi connectivity index (χ1v) is 8.04. The average Bonchev–Trinajstić information content (AvgIpc) is 2.61. The topological polar surface area (TPSA) is 54.5 Å². The van der Waals surface area contributed by atoms with Crippen molar-refractivity contribution in [3.63, 3.8) is 0 Å². The van der Waals surface area contributed by atoms with Crippen LogP contribution in [0.3, 0.4) is 0 Å². The molecule has 1 aromatic heterocycles. The van der Waals surface area contributed by atoms with Crippen LogP contribution < -0.4 is 10.2 Å². The van der Waals surface area contributed by atoms with Crippen LogP contribution in [0.25, 0.3) is 0 Å². The number of amides is 1. The van der Waals surface area contributed by atoms with E-state index in [1.807, 2.05) is 18.3 Å². The van der Waals surface area contributed by atoms with Crippen LogP contribution in [0, 0.1) is 5.92 Å². The van der Waals surface area contributed by atoms with Crippen molar-refractivity contribution in [2.24, 2.45) is 5.92 Å². The quantitative estimate of drug-likeness (QED) is 0.863. The third-order valence-electron chi connectivity index (χ3n) is 4.27. The van der Waals surface area contributed by atoms with Crippen molar-refractivity contribution in [2.75, 3.05) is 31.2 Å². The van der Waals surface area contributed by atoms with Gasteiger partial charge in [-0.25, -0.2) is 4.98 Å². The minimum atomic E-state index is 0.119. The smallest absolute Gasteiger partial charge is 0.223 e. The van der Waals surface area contributed by atoms with E-state index in [0.29, 0.717) is 6.54 Å². The normalized spacial score (nSPS) is 21.6. The molecule has 1 fully saturated rings. The van der Waals surface area contributed by atoms with Crippen LogP contribution in [0.1, 0.15) is 24.8 Å². The van der Waals surface area contributed by atoms with Crippen LogP contribution in [0.2, 0.25) is 0 Å². The molecule has 22 heavy (non-hydrogen) atoms. The van der Waals surface area contributed by atoms with Crippen molar-refractivity contribution in [2.45, 2.75) is 25.8 Å². The first-order valence-electron chi connectivity index (χ1n) is 8.04. The van der Waals surface area contributed by atoms with E-state index in [9.17, 15) is 4.79 Å². The molecular weight excluding hydrogens is 278 g/mol. The highest BCUT2D eigenvalue weighted by atomic mass is 16.5. The van der Waals surface area contributed by atoms with Gasteiger partial charge in [-0.05, 0) is 25.3 Å². The second-order valence-electron chi connectivity index (χ2n) is 5.78. The summed E-state index contributed by atoms with van der Waals surface area (Å²) in [6.45, 7) is 3.71. The summed E-state index contributed by atoms with van der Waals surface area (Å²) in [5.41, 5.74) is 1.07. The lowest BCUT2D eigenvalue weighted by molar-refractivity contribution is -0.125. The fourth-order valence-corrected chi connectivity index (χ4v) is 2.99. The molecule has 0 unspecified atom stereocenters. The Morgan fingerprint density at radius 2 is 2.23 bits per heavy atom. The van der Waals surface area contributed by atoms with E-state index in [1.54, 1.807) is 0 Å². The van der Waals surface area contributed by atoms with Crippen molar-refractivity contribution in [1.82, 2.24) is 10.3 Å². The maximum Gasteiger partial charge on any atom is 0.223 e. The highest BCUT2D eigenvalue weighted by Crippen LogP contribution is 2.20. The molecule has 0 saturated carbocycles. The molecule has 1 atom stereocenters. The van der Waals surface area contributed by atoms with Gasteiger partial charge in [0.2, 0.25) is 5.91 Å². The van der Waals surface area contributed by atoms with E-state index in [0.717, 1.165) is 56.9 Å². The Balaban J connectivity index is 1.62. The van der Waals surface area contributed by atoms with Gasteiger partial charge in [0.1, 0.15) is 5.82 Å². The monoisotopic (exact) mass is 301 g/mol. The van der Waals surface area contributed by atoms with Gasteiger partial charge in [0.15, 0.2) is 0 Å². The molecule has 0 aromatic carbocycles. The number of aromatic nitrogens is 1. The van der Waals surface area contributed by atoms with Gasteiger partial charge < -0.3 is 15.0 Å². The number of pyridine rings is 1. The van der Waals surface area contributed by atoms with Gasteiger partial charge in [0.05, 0.1) is 13.2 Å². The number of carbonyl (C=O) groups excluding carboxylic acids is 1. The Morgan fingerprint density at radius 1 is 1.36 bits per heavy atom. The number of hydrogen-bond acceptors (Lipinski definition) is 4. The average molecular weight is 301 g/mol. The fourth-order valence-electron chi connectivity index (χ4n) is 2.99. The standard InChI is InChI=1S/C17H23N3O2/c21-17(14-5-2-1-3-6-14)19-13-15-7-4-8-18-16(15)20-9-11-22-12-10-20/h1-2,4,7-8,14H,3,5-6,9-13H2,(H,19,21)/t14-/m0/s1. The highest BCUT2D eigenvalue weighted by Gasteiger charge is 2.20. The summed E-state index contributed by atoms with van der Waals surface area (Å²) >= 11 is 0. The Kier molecular flexibility index (Phi) is 5.06. The molecule has 0 radical (unpaired) electrons. The minimum absolute atomic E-state index is 0.119. The van der Waals surface area contributed by atoms with Gasteiger partial charge in [-0.2, -0.15) is 0 Å². The number of rotatable bonds is 4. The van der Waals surface area contributed by atoms with E-state index in [-0.39, 0.29) is 11.8 Å². The minimum Gasteiger partial charge on any atom is -0.378 e. The number of allylic oxidation sites excluding steroid dienone is 2. The summed E-state index contributed by atoms with van der Waals surface area (Å²) in [5, 5.41) is 3.08. The number of ether oxygens (including phenoxy) is 1. The van der Waals surface area contributed by atoms with Crippen molar-refractivity contribution in [3.8, 4) is 0 Å². The molecular formula is C17H23N3O2. The fraction of sp³-hybridized carbons (Fsp3) is 0.529. The SMILES string of the molecule is O=C(NCc1cccnc1N1CCOCC1)[C@H]1CC=CCC1. The molecule has 1 amide bonds. The first-order chi connectivity index (χ1) is 10.8. The highest BCUT2D eigenvalue weighted by molar-refractivity contribution is 5.79. The van der Waals surface area contributed by atoms with Crippen LogP contribution in [-0.2, 0) is 16.1 Å². The zero-order valence-electron chi connectivity index (χ0n) is 12.8. The van der Waals surface area contributed by atoms with Crippen LogP contribution in [-0.4, -0.2) is 37.2 Å². The second-order valence-corrected chi connectivity index (χ2v) is 5.78. The van der Waals surface area contributed by atoms with Gasteiger partial charge in [-0.3, -0.25) is 4.79 Å². The molecule has 118 valence electrons. The molecule has 1 aliphatic heterocycles. The lowest BCUT2D eigenvalue weighted by atomic mass is 9.93. The summed E-state index contributed by atoms with van der Waals surface area (Å²) in [6.07, 6.45) is 8.88. The van der Waals surface area contributed by atoms with Crippen LogP contribution >= 0.6 is 0 Å². The number of nitrogens with zero attached hydrogens (tertiary/aromatic N) is 2. The zero-order valence-corrected chi connectivity index (χ0v) is 12.8. The van der Waals surface area contributed by atoms with E-state index >= 15 is 0 Å². The predicted molar refractivity (Wildman–Crippen MR) is 85.6 cm³/mol. The van der Waals surface area contributed by atoms with Gasteiger partial charge in [0, 0.05) is 37.3 Å². The van der Waals surface area contributed by atoms with Crippen molar-refractivity contribution < 1.29 is 9.53 Å². The molecule has 1 aromatic rings. The molecule has 2 aliphatic rings.